The summed E-state index contributed by atoms with van der Waals surface area (Å²) in [6.07, 6.45) is 1.09. The first-order valence-electron chi connectivity index (χ1n) is 8.24. The largest absolute Gasteiger partial charge is 0.411 e. The van der Waals surface area contributed by atoms with Crippen molar-refractivity contribution in [2.24, 2.45) is 5.16 Å². The van der Waals surface area contributed by atoms with Gasteiger partial charge in [0.1, 0.15) is 11.0 Å². The molecule has 1 aromatic heterocycles. The van der Waals surface area contributed by atoms with Crippen LogP contribution in [0.1, 0.15) is 29.2 Å². The van der Waals surface area contributed by atoms with Crippen LogP contribution in [-0.2, 0) is 5.41 Å². The van der Waals surface area contributed by atoms with Crippen molar-refractivity contribution in [3.8, 4) is 0 Å². The van der Waals surface area contributed by atoms with Crippen LogP contribution in [0.15, 0.2) is 70.4 Å². The first kappa shape index (κ1) is 19.5. The van der Waals surface area contributed by atoms with Crippen LogP contribution in [0.25, 0.3) is 0 Å². The summed E-state index contributed by atoms with van der Waals surface area (Å²) in [4.78, 5) is 3.84. The van der Waals surface area contributed by atoms with Gasteiger partial charge in [-0.3, -0.25) is 0 Å². The smallest absolute Gasteiger partial charge is 0.146 e. The molecule has 0 amide bonds. The fourth-order valence-electron chi connectivity index (χ4n) is 3.52. The molecule has 0 saturated heterocycles. The zero-order chi connectivity index (χ0) is 19.6. The standard InChI is InChI=1S/C21H17BrClFN2O/c1-13-5-3-4-6-17(13)21(14(2)26-27,15-7-9-16(22)10-8-15)18-11-20(23)25-12-19(18)24/h3-12,27H,1-2H3. The highest BCUT2D eigenvalue weighted by Gasteiger charge is 2.43. The van der Waals surface area contributed by atoms with Crippen LogP contribution in [0.2, 0.25) is 5.15 Å². The van der Waals surface area contributed by atoms with Crippen molar-refractivity contribution in [3.05, 3.63) is 98.5 Å². The van der Waals surface area contributed by atoms with E-state index in [1.54, 1.807) is 6.92 Å². The Morgan fingerprint density at radius 3 is 2.44 bits per heavy atom. The lowest BCUT2D eigenvalue weighted by atomic mass is 9.65. The molecule has 3 aromatic rings. The average molecular weight is 448 g/mol. The number of hydrogen-bond donors (Lipinski definition) is 1. The lowest BCUT2D eigenvalue weighted by Crippen LogP contribution is -2.39. The van der Waals surface area contributed by atoms with Crippen LogP contribution in [0.3, 0.4) is 0 Å². The van der Waals surface area contributed by atoms with E-state index in [1.807, 2.05) is 55.5 Å². The van der Waals surface area contributed by atoms with Gasteiger partial charge in [0, 0.05) is 10.0 Å². The number of halogens is 3. The first-order chi connectivity index (χ1) is 12.9. The fourth-order valence-corrected chi connectivity index (χ4v) is 3.95. The summed E-state index contributed by atoms with van der Waals surface area (Å²) in [6, 6.07) is 16.6. The molecule has 1 unspecified atom stereocenters. The van der Waals surface area contributed by atoms with Crippen LogP contribution in [0.4, 0.5) is 4.39 Å². The van der Waals surface area contributed by atoms with Crippen molar-refractivity contribution in [1.29, 1.82) is 0 Å². The normalized spacial score (nSPS) is 14.0. The van der Waals surface area contributed by atoms with Gasteiger partial charge in [-0.2, -0.15) is 0 Å². The summed E-state index contributed by atoms with van der Waals surface area (Å²) >= 11 is 9.56. The molecule has 0 aliphatic rings. The Balaban J connectivity index is 2.52. The van der Waals surface area contributed by atoms with E-state index >= 15 is 4.39 Å². The van der Waals surface area contributed by atoms with E-state index in [4.69, 9.17) is 11.6 Å². The number of nitrogens with zero attached hydrogens (tertiary/aromatic N) is 2. The lowest BCUT2D eigenvalue weighted by Gasteiger charge is -2.36. The quantitative estimate of drug-likeness (QED) is 0.226. The molecule has 1 N–H and O–H groups in total. The van der Waals surface area contributed by atoms with E-state index in [1.165, 1.54) is 6.07 Å². The Labute approximate surface area is 170 Å². The molecular weight excluding hydrogens is 431 g/mol. The van der Waals surface area contributed by atoms with E-state index in [-0.39, 0.29) is 10.7 Å². The van der Waals surface area contributed by atoms with Gasteiger partial charge in [-0.25, -0.2) is 9.37 Å². The second kappa shape index (κ2) is 7.79. The van der Waals surface area contributed by atoms with Gasteiger partial charge in [0.25, 0.3) is 0 Å². The highest BCUT2D eigenvalue weighted by atomic mass is 79.9. The van der Waals surface area contributed by atoms with Crippen LogP contribution in [0.5, 0.6) is 0 Å². The van der Waals surface area contributed by atoms with Gasteiger partial charge >= 0.3 is 0 Å². The minimum absolute atomic E-state index is 0.159. The summed E-state index contributed by atoms with van der Waals surface area (Å²) in [7, 11) is 0. The van der Waals surface area contributed by atoms with Crippen LogP contribution < -0.4 is 0 Å². The minimum Gasteiger partial charge on any atom is -0.411 e. The maximum Gasteiger partial charge on any atom is 0.146 e. The van der Waals surface area contributed by atoms with Crippen LogP contribution >= 0.6 is 27.5 Å². The molecule has 0 aliphatic heterocycles. The molecule has 1 heterocycles. The van der Waals surface area contributed by atoms with Gasteiger partial charge in [-0.1, -0.05) is 69.1 Å². The van der Waals surface area contributed by atoms with E-state index in [9.17, 15) is 5.21 Å². The molecule has 27 heavy (non-hydrogen) atoms. The van der Waals surface area contributed by atoms with Crippen molar-refractivity contribution in [2.75, 3.05) is 0 Å². The zero-order valence-electron chi connectivity index (χ0n) is 14.7. The van der Waals surface area contributed by atoms with Crippen molar-refractivity contribution in [1.82, 2.24) is 4.98 Å². The molecule has 3 rings (SSSR count). The third-order valence-electron chi connectivity index (χ3n) is 4.74. The van der Waals surface area contributed by atoms with E-state index in [0.29, 0.717) is 5.71 Å². The Bertz CT molecular complexity index is 1010. The number of oxime groups is 1. The van der Waals surface area contributed by atoms with Crippen LogP contribution in [-0.4, -0.2) is 15.9 Å². The highest BCUT2D eigenvalue weighted by molar-refractivity contribution is 9.10. The number of rotatable bonds is 4. The summed E-state index contributed by atoms with van der Waals surface area (Å²) in [5, 5.41) is 13.4. The minimum atomic E-state index is -1.17. The van der Waals surface area contributed by atoms with Gasteiger partial charge in [0.05, 0.1) is 17.3 Å². The summed E-state index contributed by atoms with van der Waals surface area (Å²) < 4.78 is 16.0. The summed E-state index contributed by atoms with van der Waals surface area (Å²) in [5.74, 6) is -0.534. The van der Waals surface area contributed by atoms with Gasteiger partial charge in [0.2, 0.25) is 0 Å². The Kier molecular flexibility index (Phi) is 5.63. The summed E-state index contributed by atoms with van der Waals surface area (Å²) in [6.45, 7) is 3.61. The number of hydrogen-bond acceptors (Lipinski definition) is 3. The zero-order valence-corrected chi connectivity index (χ0v) is 17.1. The third kappa shape index (κ3) is 3.37. The van der Waals surface area contributed by atoms with Crippen molar-refractivity contribution < 1.29 is 9.60 Å². The number of aryl methyl sites for hydroxylation is 1. The molecule has 0 aliphatic carbocycles. The molecule has 3 nitrogen and oxygen atoms in total. The molecule has 0 radical (unpaired) electrons. The molecule has 0 saturated carbocycles. The first-order valence-corrected chi connectivity index (χ1v) is 9.41. The van der Waals surface area contributed by atoms with Gasteiger partial charge in [0.15, 0.2) is 0 Å². The molecule has 1 atom stereocenters. The molecule has 138 valence electrons. The maximum atomic E-state index is 15.1. The Morgan fingerprint density at radius 2 is 1.81 bits per heavy atom. The highest BCUT2D eigenvalue weighted by Crippen LogP contribution is 2.44. The van der Waals surface area contributed by atoms with Crippen LogP contribution in [0, 0.1) is 12.7 Å². The van der Waals surface area contributed by atoms with Gasteiger partial charge < -0.3 is 5.21 Å². The Morgan fingerprint density at radius 1 is 1.15 bits per heavy atom. The van der Waals surface area contributed by atoms with Crippen molar-refractivity contribution in [3.63, 3.8) is 0 Å². The average Bonchev–Trinajstić information content (AvgIpc) is 2.67. The maximum absolute atomic E-state index is 15.1. The molecular formula is C21H17BrClFN2O. The SMILES string of the molecule is CC(=NO)C(c1ccc(Br)cc1)(c1ccccc1C)c1cc(Cl)ncc1F. The molecule has 2 aromatic carbocycles. The monoisotopic (exact) mass is 446 g/mol. The molecule has 0 spiro atoms. The molecule has 0 bridgehead atoms. The lowest BCUT2D eigenvalue weighted by molar-refractivity contribution is 0.315. The second-order valence-electron chi connectivity index (χ2n) is 6.24. The second-order valence-corrected chi connectivity index (χ2v) is 7.55. The predicted molar refractivity (Wildman–Crippen MR) is 109 cm³/mol. The van der Waals surface area contributed by atoms with E-state index in [0.717, 1.165) is 27.4 Å². The fraction of sp³-hybridized carbons (Fsp3) is 0.143. The predicted octanol–water partition coefficient (Wildman–Crippen LogP) is 6.13. The molecule has 0 fully saturated rings. The Hall–Kier alpha value is -2.24. The van der Waals surface area contributed by atoms with Crippen molar-refractivity contribution >= 4 is 33.2 Å². The van der Waals surface area contributed by atoms with Gasteiger partial charge in [-0.05, 0) is 48.7 Å². The number of benzene rings is 2. The van der Waals surface area contributed by atoms with Gasteiger partial charge in [-0.15, -0.1) is 0 Å². The van der Waals surface area contributed by atoms with E-state index in [2.05, 4.69) is 26.1 Å². The van der Waals surface area contributed by atoms with Crippen molar-refractivity contribution in [2.45, 2.75) is 19.3 Å². The number of pyridine rings is 1. The number of aromatic nitrogens is 1. The topological polar surface area (TPSA) is 45.5 Å². The molecule has 6 heteroatoms. The third-order valence-corrected chi connectivity index (χ3v) is 5.48. The summed E-state index contributed by atoms with van der Waals surface area (Å²) in [5.41, 5.74) is 1.89. The van der Waals surface area contributed by atoms with E-state index < -0.39 is 11.2 Å².